The lowest BCUT2D eigenvalue weighted by molar-refractivity contribution is -0.143. The van der Waals surface area contributed by atoms with Gasteiger partial charge < -0.3 is 15.4 Å². The van der Waals surface area contributed by atoms with Crippen LogP contribution in [-0.4, -0.2) is 36.7 Å². The lowest BCUT2D eigenvalue weighted by atomic mass is 10.1. The standard InChI is InChI=1S/C31H36N2O4S/c1-2-37-31(36)22-28(25-15-8-4-9-16-25)38-23-30(35)32-20-11-5-10-19-29(34)33-27-18-12-17-26(21-27)24-13-6-3-7-14-24/h3-4,6-9,12-18,21,28H,2,5,10-11,19-20,22-23H2,1H3,(H,32,35)(H,33,34). The third-order valence-corrected chi connectivity index (χ3v) is 7.17. The van der Waals surface area contributed by atoms with Crippen molar-refractivity contribution in [2.75, 3.05) is 24.2 Å². The largest absolute Gasteiger partial charge is 0.466 e. The average molecular weight is 533 g/mol. The highest BCUT2D eigenvalue weighted by molar-refractivity contribution is 8.00. The number of rotatable bonds is 15. The van der Waals surface area contributed by atoms with Gasteiger partial charge in [0.1, 0.15) is 0 Å². The summed E-state index contributed by atoms with van der Waals surface area (Å²) in [7, 11) is 0. The van der Waals surface area contributed by atoms with Crippen LogP contribution in [0.5, 0.6) is 0 Å². The number of amides is 2. The van der Waals surface area contributed by atoms with Gasteiger partial charge in [-0.15, -0.1) is 11.8 Å². The van der Waals surface area contributed by atoms with Crippen LogP contribution >= 0.6 is 11.8 Å². The van der Waals surface area contributed by atoms with E-state index in [1.54, 1.807) is 6.92 Å². The molecule has 0 aliphatic heterocycles. The lowest BCUT2D eigenvalue weighted by Crippen LogP contribution is -2.26. The molecule has 0 radical (unpaired) electrons. The summed E-state index contributed by atoms with van der Waals surface area (Å²) in [6, 6.07) is 27.6. The van der Waals surface area contributed by atoms with Gasteiger partial charge in [-0.25, -0.2) is 0 Å². The van der Waals surface area contributed by atoms with Crippen LogP contribution < -0.4 is 10.6 Å². The van der Waals surface area contributed by atoms with Gasteiger partial charge in [0.15, 0.2) is 0 Å². The number of anilines is 1. The molecule has 0 bridgehead atoms. The van der Waals surface area contributed by atoms with Crippen molar-refractivity contribution in [3.8, 4) is 11.1 Å². The minimum atomic E-state index is -0.262. The van der Waals surface area contributed by atoms with Crippen LogP contribution in [0.15, 0.2) is 84.9 Å². The highest BCUT2D eigenvalue weighted by Crippen LogP contribution is 2.32. The number of benzene rings is 3. The fourth-order valence-electron chi connectivity index (χ4n) is 3.99. The molecule has 0 fully saturated rings. The molecule has 1 atom stereocenters. The van der Waals surface area contributed by atoms with Crippen molar-refractivity contribution >= 4 is 35.2 Å². The zero-order valence-corrected chi connectivity index (χ0v) is 22.7. The van der Waals surface area contributed by atoms with Crippen LogP contribution in [0.2, 0.25) is 0 Å². The lowest BCUT2D eigenvalue weighted by Gasteiger charge is -2.16. The second-order valence-electron chi connectivity index (χ2n) is 8.88. The molecule has 1 unspecified atom stereocenters. The monoisotopic (exact) mass is 532 g/mol. The Kier molecular flexibility index (Phi) is 12.4. The Labute approximate surface area is 229 Å². The zero-order valence-electron chi connectivity index (χ0n) is 21.9. The quantitative estimate of drug-likeness (QED) is 0.175. The molecule has 7 heteroatoms. The third-order valence-electron chi connectivity index (χ3n) is 5.90. The number of unbranched alkanes of at least 4 members (excludes halogenated alkanes) is 2. The van der Waals surface area contributed by atoms with Crippen LogP contribution in [0, 0.1) is 0 Å². The van der Waals surface area contributed by atoms with Gasteiger partial charge in [0.25, 0.3) is 0 Å². The fraction of sp³-hybridized carbons (Fsp3) is 0.323. The van der Waals surface area contributed by atoms with Crippen LogP contribution in [0.3, 0.4) is 0 Å². The summed E-state index contributed by atoms with van der Waals surface area (Å²) in [6.07, 6.45) is 3.07. The van der Waals surface area contributed by atoms with Gasteiger partial charge in [0.05, 0.1) is 18.8 Å². The first-order valence-electron chi connectivity index (χ1n) is 13.1. The summed E-state index contributed by atoms with van der Waals surface area (Å²) in [5, 5.41) is 5.79. The van der Waals surface area contributed by atoms with Gasteiger partial charge >= 0.3 is 5.97 Å². The van der Waals surface area contributed by atoms with Crippen molar-refractivity contribution in [1.82, 2.24) is 5.32 Å². The molecule has 0 saturated carbocycles. The van der Waals surface area contributed by atoms with Gasteiger partial charge in [-0.05, 0) is 48.6 Å². The molecule has 3 aromatic rings. The Morgan fingerprint density at radius 1 is 0.816 bits per heavy atom. The molecule has 6 nitrogen and oxygen atoms in total. The Bertz CT molecular complexity index is 1150. The second kappa shape index (κ2) is 16.3. The molecule has 3 rings (SSSR count). The maximum atomic E-state index is 12.4. The van der Waals surface area contributed by atoms with Crippen LogP contribution in [-0.2, 0) is 19.1 Å². The molecular formula is C31H36N2O4S. The summed E-state index contributed by atoms with van der Waals surface area (Å²) >= 11 is 1.44. The first-order valence-corrected chi connectivity index (χ1v) is 14.1. The van der Waals surface area contributed by atoms with Crippen LogP contribution in [0.25, 0.3) is 11.1 Å². The topological polar surface area (TPSA) is 84.5 Å². The molecule has 2 amide bonds. The molecular weight excluding hydrogens is 496 g/mol. The molecule has 0 aromatic heterocycles. The van der Waals surface area contributed by atoms with E-state index >= 15 is 0 Å². The summed E-state index contributed by atoms with van der Waals surface area (Å²) in [4.78, 5) is 36.7. The number of ether oxygens (including phenoxy) is 1. The van der Waals surface area contributed by atoms with Gasteiger partial charge in [-0.3, -0.25) is 14.4 Å². The number of carbonyl (C=O) groups is 3. The third kappa shape index (κ3) is 10.4. The van der Waals surface area contributed by atoms with E-state index in [0.29, 0.717) is 19.6 Å². The maximum Gasteiger partial charge on any atom is 0.307 e. The van der Waals surface area contributed by atoms with Gasteiger partial charge in [-0.1, -0.05) is 79.2 Å². The normalized spacial score (nSPS) is 11.4. The van der Waals surface area contributed by atoms with E-state index in [9.17, 15) is 14.4 Å². The minimum Gasteiger partial charge on any atom is -0.466 e. The first kappa shape index (κ1) is 29.0. The first-order chi connectivity index (χ1) is 18.5. The Morgan fingerprint density at radius 2 is 1.53 bits per heavy atom. The van der Waals surface area contributed by atoms with Gasteiger partial charge in [-0.2, -0.15) is 0 Å². The van der Waals surface area contributed by atoms with Crippen molar-refractivity contribution in [3.05, 3.63) is 90.5 Å². The van der Waals surface area contributed by atoms with E-state index in [1.807, 2.05) is 84.9 Å². The SMILES string of the molecule is CCOC(=O)CC(SCC(=O)NCCCCCC(=O)Nc1cccc(-c2ccccc2)c1)c1ccccc1. The Morgan fingerprint density at radius 3 is 2.26 bits per heavy atom. The van der Waals surface area contributed by atoms with Crippen LogP contribution in [0.1, 0.15) is 49.8 Å². The molecule has 0 spiro atoms. The van der Waals surface area contributed by atoms with E-state index in [-0.39, 0.29) is 35.2 Å². The molecule has 0 heterocycles. The summed E-state index contributed by atoms with van der Waals surface area (Å²) in [5.74, 6) is -0.0640. The van der Waals surface area contributed by atoms with Crippen molar-refractivity contribution in [2.24, 2.45) is 0 Å². The zero-order chi connectivity index (χ0) is 27.0. The van der Waals surface area contributed by atoms with Crippen LogP contribution in [0.4, 0.5) is 5.69 Å². The number of hydrogen-bond donors (Lipinski definition) is 2. The van der Waals surface area contributed by atoms with Gasteiger partial charge in [0.2, 0.25) is 11.8 Å². The molecule has 3 aromatic carbocycles. The molecule has 0 aliphatic carbocycles. The maximum absolute atomic E-state index is 12.4. The van der Waals surface area contributed by atoms with E-state index in [1.165, 1.54) is 11.8 Å². The summed E-state index contributed by atoms with van der Waals surface area (Å²) in [5.41, 5.74) is 3.97. The van der Waals surface area contributed by atoms with Crippen molar-refractivity contribution in [2.45, 2.75) is 44.3 Å². The number of esters is 1. The van der Waals surface area contributed by atoms with E-state index < -0.39 is 0 Å². The molecule has 2 N–H and O–H groups in total. The fourth-order valence-corrected chi connectivity index (χ4v) is 5.04. The predicted octanol–water partition coefficient (Wildman–Crippen LogP) is 6.40. The highest BCUT2D eigenvalue weighted by Gasteiger charge is 2.18. The number of hydrogen-bond acceptors (Lipinski definition) is 5. The van der Waals surface area contributed by atoms with E-state index in [2.05, 4.69) is 10.6 Å². The van der Waals surface area contributed by atoms with Crippen molar-refractivity contribution < 1.29 is 19.1 Å². The Balaban J connectivity index is 1.31. The van der Waals surface area contributed by atoms with Gasteiger partial charge in [0, 0.05) is 23.9 Å². The minimum absolute atomic E-state index is 0.01000. The molecule has 0 aliphatic rings. The summed E-state index contributed by atoms with van der Waals surface area (Å²) < 4.78 is 5.10. The van der Waals surface area contributed by atoms with Crippen molar-refractivity contribution in [3.63, 3.8) is 0 Å². The van der Waals surface area contributed by atoms with Crippen molar-refractivity contribution in [1.29, 1.82) is 0 Å². The van der Waals surface area contributed by atoms with E-state index in [0.717, 1.165) is 41.6 Å². The number of carbonyl (C=O) groups excluding carboxylic acids is 3. The smallest absolute Gasteiger partial charge is 0.307 e. The second-order valence-corrected chi connectivity index (χ2v) is 10.1. The predicted molar refractivity (Wildman–Crippen MR) is 155 cm³/mol. The number of thioether (sulfide) groups is 1. The molecule has 200 valence electrons. The Hall–Kier alpha value is -3.58. The summed E-state index contributed by atoms with van der Waals surface area (Å²) in [6.45, 7) is 2.69. The molecule has 0 saturated heterocycles. The highest BCUT2D eigenvalue weighted by atomic mass is 32.2. The average Bonchev–Trinajstić information content (AvgIpc) is 2.94. The number of nitrogens with one attached hydrogen (secondary N) is 2. The van der Waals surface area contributed by atoms with E-state index in [4.69, 9.17) is 4.74 Å². The molecule has 38 heavy (non-hydrogen) atoms.